The number of allylic oxidation sites excluding steroid dienone is 3. The van der Waals surface area contributed by atoms with Crippen LogP contribution in [0.5, 0.6) is 0 Å². The second-order valence-corrected chi connectivity index (χ2v) is 9.37. The van der Waals surface area contributed by atoms with Crippen LogP contribution in [0.3, 0.4) is 0 Å². The molecule has 0 unspecified atom stereocenters. The molecule has 0 atom stereocenters. The van der Waals surface area contributed by atoms with E-state index in [1.54, 1.807) is 6.92 Å². The maximum atomic E-state index is 12.8. The van der Waals surface area contributed by atoms with E-state index in [1.807, 2.05) is 39.0 Å². The second kappa shape index (κ2) is 11.6. The molecule has 0 aliphatic heterocycles. The molecule has 1 aromatic carbocycles. The highest BCUT2D eigenvalue weighted by Gasteiger charge is 2.18. The van der Waals surface area contributed by atoms with Gasteiger partial charge in [-0.2, -0.15) is 0 Å². The smallest absolute Gasteiger partial charge is 0.321 e. The fraction of sp³-hybridized carbons (Fsp3) is 0.400. The summed E-state index contributed by atoms with van der Waals surface area (Å²) in [7, 11) is 0. The molecule has 0 saturated carbocycles. The number of carbonyl (C=O) groups excluding carboxylic acids is 2. The van der Waals surface area contributed by atoms with Gasteiger partial charge in [0.1, 0.15) is 4.88 Å². The number of nitrogens with one attached hydrogen (secondary N) is 3. The van der Waals surface area contributed by atoms with Crippen LogP contribution in [0.15, 0.2) is 35.4 Å². The summed E-state index contributed by atoms with van der Waals surface area (Å²) in [6.45, 7) is 14.4. The van der Waals surface area contributed by atoms with Gasteiger partial charge in [0, 0.05) is 12.2 Å². The second-order valence-electron chi connectivity index (χ2n) is 8.37. The van der Waals surface area contributed by atoms with Crippen molar-refractivity contribution in [1.82, 2.24) is 10.3 Å². The van der Waals surface area contributed by atoms with Gasteiger partial charge in [-0.05, 0) is 72.4 Å². The Morgan fingerprint density at radius 1 is 1.00 bits per heavy atom. The molecule has 3 N–H and O–H groups in total. The lowest BCUT2D eigenvalue weighted by Gasteiger charge is -2.12. The number of hydrogen-bond acceptors (Lipinski definition) is 4. The van der Waals surface area contributed by atoms with Crippen molar-refractivity contribution in [1.29, 1.82) is 0 Å². The molecule has 6 nitrogen and oxygen atoms in total. The number of rotatable bonds is 8. The molecule has 0 fully saturated rings. The number of aryl methyl sites for hydroxylation is 4. The van der Waals surface area contributed by atoms with Gasteiger partial charge < -0.3 is 10.6 Å². The average Bonchev–Trinajstić information content (AvgIpc) is 3.04. The van der Waals surface area contributed by atoms with Gasteiger partial charge in [-0.25, -0.2) is 9.78 Å². The number of aromatic nitrogens is 1. The summed E-state index contributed by atoms with van der Waals surface area (Å²) in [6.07, 6.45) is 6.19. The highest BCUT2D eigenvalue weighted by atomic mass is 32.1. The third-order valence-corrected chi connectivity index (χ3v) is 6.01. The number of benzene rings is 1. The van der Waals surface area contributed by atoms with E-state index >= 15 is 0 Å². The van der Waals surface area contributed by atoms with Crippen LogP contribution in [-0.2, 0) is 0 Å². The molecule has 2 aromatic rings. The lowest BCUT2D eigenvalue weighted by Crippen LogP contribution is -2.28. The molecular weight excluding hydrogens is 420 g/mol. The third kappa shape index (κ3) is 7.64. The molecule has 1 aromatic heterocycles. The van der Waals surface area contributed by atoms with Crippen molar-refractivity contribution >= 4 is 34.1 Å². The predicted octanol–water partition coefficient (Wildman–Crippen LogP) is 6.44. The van der Waals surface area contributed by atoms with Crippen molar-refractivity contribution in [3.8, 4) is 0 Å². The highest BCUT2D eigenvalue weighted by molar-refractivity contribution is 7.17. The van der Waals surface area contributed by atoms with Gasteiger partial charge in [-0.15, -0.1) is 0 Å². The Morgan fingerprint density at radius 2 is 1.66 bits per heavy atom. The topological polar surface area (TPSA) is 83.1 Å². The standard InChI is InChI=1S/C25H34N4O2S/c1-15(2)9-8-10-16(3)11-12-26-24(31)29-25-27-20(7)22(32-25)23(30)28-21-18(5)13-17(4)14-19(21)6/h9,11,13-14H,8,10,12H2,1-7H3,(H,28,30)(H2,26,27,29,31). The molecule has 7 heteroatoms. The molecule has 0 bridgehead atoms. The van der Waals surface area contributed by atoms with E-state index in [-0.39, 0.29) is 11.9 Å². The highest BCUT2D eigenvalue weighted by Crippen LogP contribution is 2.26. The first-order valence-electron chi connectivity index (χ1n) is 10.8. The zero-order chi connectivity index (χ0) is 23.8. The van der Waals surface area contributed by atoms with Gasteiger partial charge in [-0.1, -0.05) is 52.3 Å². The minimum Gasteiger partial charge on any atom is -0.334 e. The zero-order valence-corrected chi connectivity index (χ0v) is 20.9. The number of urea groups is 1. The number of amides is 3. The quantitative estimate of drug-likeness (QED) is 0.401. The Balaban J connectivity index is 1.93. The van der Waals surface area contributed by atoms with E-state index in [9.17, 15) is 9.59 Å². The molecule has 0 aliphatic carbocycles. The van der Waals surface area contributed by atoms with E-state index in [1.165, 1.54) is 22.5 Å². The molecule has 0 spiro atoms. The number of carbonyl (C=O) groups is 2. The van der Waals surface area contributed by atoms with Crippen LogP contribution in [0.1, 0.15) is 65.7 Å². The van der Waals surface area contributed by atoms with E-state index < -0.39 is 0 Å². The number of nitrogens with zero attached hydrogens (tertiary/aromatic N) is 1. The minimum absolute atomic E-state index is 0.224. The monoisotopic (exact) mass is 454 g/mol. The molecule has 0 saturated heterocycles. The summed E-state index contributed by atoms with van der Waals surface area (Å²) in [5, 5.41) is 8.91. The van der Waals surface area contributed by atoms with Crippen LogP contribution >= 0.6 is 11.3 Å². The predicted molar refractivity (Wildman–Crippen MR) is 135 cm³/mol. The number of thiazole rings is 1. The maximum Gasteiger partial charge on any atom is 0.321 e. The van der Waals surface area contributed by atoms with Crippen molar-refractivity contribution < 1.29 is 9.59 Å². The van der Waals surface area contributed by atoms with E-state index in [4.69, 9.17) is 0 Å². The van der Waals surface area contributed by atoms with Crippen molar-refractivity contribution in [2.75, 3.05) is 17.2 Å². The van der Waals surface area contributed by atoms with E-state index in [2.05, 4.69) is 47.8 Å². The molecule has 172 valence electrons. The molecule has 32 heavy (non-hydrogen) atoms. The van der Waals surface area contributed by atoms with E-state index in [0.717, 1.165) is 35.2 Å². The lowest BCUT2D eigenvalue weighted by molar-refractivity contribution is 0.102. The molecule has 0 radical (unpaired) electrons. The van der Waals surface area contributed by atoms with Gasteiger partial charge in [0.15, 0.2) is 5.13 Å². The van der Waals surface area contributed by atoms with Crippen molar-refractivity contribution in [3.05, 3.63) is 62.7 Å². The summed E-state index contributed by atoms with van der Waals surface area (Å²) >= 11 is 1.17. The van der Waals surface area contributed by atoms with Crippen LogP contribution < -0.4 is 16.0 Å². The first-order chi connectivity index (χ1) is 15.1. The van der Waals surface area contributed by atoms with Gasteiger partial charge >= 0.3 is 6.03 Å². The molecule has 2 rings (SSSR count). The van der Waals surface area contributed by atoms with Crippen LogP contribution in [0.25, 0.3) is 0 Å². The first-order valence-corrected chi connectivity index (χ1v) is 11.6. The van der Waals surface area contributed by atoms with Crippen LogP contribution in [0.2, 0.25) is 0 Å². The van der Waals surface area contributed by atoms with Crippen molar-refractivity contribution in [2.45, 2.75) is 61.3 Å². The Bertz CT molecular complexity index is 1020. The summed E-state index contributed by atoms with van der Waals surface area (Å²) in [4.78, 5) is 29.8. The summed E-state index contributed by atoms with van der Waals surface area (Å²) in [5.74, 6) is -0.224. The summed E-state index contributed by atoms with van der Waals surface area (Å²) in [6, 6.07) is 3.73. The number of anilines is 2. The third-order valence-electron chi connectivity index (χ3n) is 4.94. The van der Waals surface area contributed by atoms with Gasteiger partial charge in [0.05, 0.1) is 5.69 Å². The number of hydrogen-bond donors (Lipinski definition) is 3. The largest absolute Gasteiger partial charge is 0.334 e. The summed E-state index contributed by atoms with van der Waals surface area (Å²) < 4.78 is 0. The van der Waals surface area contributed by atoms with Crippen LogP contribution in [-0.4, -0.2) is 23.5 Å². The lowest BCUT2D eigenvalue weighted by atomic mass is 10.1. The summed E-state index contributed by atoms with van der Waals surface area (Å²) in [5.41, 5.74) is 7.12. The Labute approximate surface area is 195 Å². The molecular formula is C25H34N4O2S. The van der Waals surface area contributed by atoms with Gasteiger partial charge in [-0.3, -0.25) is 10.1 Å². The Morgan fingerprint density at radius 3 is 2.28 bits per heavy atom. The fourth-order valence-electron chi connectivity index (χ4n) is 3.36. The molecule has 3 amide bonds. The molecule has 0 aliphatic rings. The van der Waals surface area contributed by atoms with Crippen molar-refractivity contribution in [3.63, 3.8) is 0 Å². The SMILES string of the molecule is CC(C)=CCCC(C)=CCNC(=O)Nc1nc(C)c(C(=O)Nc2c(C)cc(C)cc2C)s1. The van der Waals surface area contributed by atoms with Gasteiger partial charge in [0.2, 0.25) is 0 Å². The minimum atomic E-state index is -0.343. The van der Waals surface area contributed by atoms with E-state index in [0.29, 0.717) is 22.2 Å². The Hall–Kier alpha value is -2.93. The molecule has 1 heterocycles. The Kier molecular flexibility index (Phi) is 9.20. The van der Waals surface area contributed by atoms with Crippen molar-refractivity contribution in [2.24, 2.45) is 0 Å². The van der Waals surface area contributed by atoms with Crippen LogP contribution in [0, 0.1) is 27.7 Å². The zero-order valence-electron chi connectivity index (χ0n) is 20.1. The van der Waals surface area contributed by atoms with Crippen LogP contribution in [0.4, 0.5) is 15.6 Å². The fourth-order valence-corrected chi connectivity index (χ4v) is 4.21. The average molecular weight is 455 g/mol. The van der Waals surface area contributed by atoms with Gasteiger partial charge in [0.25, 0.3) is 5.91 Å². The maximum absolute atomic E-state index is 12.8. The first kappa shape index (κ1) is 25.3. The normalized spacial score (nSPS) is 11.2.